The van der Waals surface area contributed by atoms with Gasteiger partial charge in [0.1, 0.15) is 0 Å². The number of hydrogen-bond donors (Lipinski definition) is 0. The number of para-hydroxylation sites is 1. The zero-order chi connectivity index (χ0) is 22.1. The molecule has 0 saturated heterocycles. The average Bonchev–Trinajstić information content (AvgIpc) is 3.17. The first-order valence-corrected chi connectivity index (χ1v) is 11.5. The van der Waals surface area contributed by atoms with Gasteiger partial charge >= 0.3 is 0 Å². The van der Waals surface area contributed by atoms with Crippen LogP contribution in [0.3, 0.4) is 0 Å². The Kier molecular flexibility index (Phi) is 5.96. The number of fused-ring (bicyclic) bond motifs is 3. The highest BCUT2D eigenvalue weighted by Gasteiger charge is 2.18. The zero-order valence-electron chi connectivity index (χ0n) is 18.3. The van der Waals surface area contributed by atoms with Crippen molar-refractivity contribution in [3.63, 3.8) is 0 Å². The second-order valence-electron chi connectivity index (χ2n) is 8.30. The molecule has 0 unspecified atom stereocenters. The molecular formula is C24H26N4O2S. The van der Waals surface area contributed by atoms with Crippen molar-refractivity contribution in [2.24, 2.45) is 5.92 Å². The van der Waals surface area contributed by atoms with E-state index in [9.17, 15) is 9.59 Å². The highest BCUT2D eigenvalue weighted by Crippen LogP contribution is 2.23. The van der Waals surface area contributed by atoms with E-state index in [1.165, 1.54) is 11.8 Å². The molecule has 160 valence electrons. The number of ketones is 1. The lowest BCUT2D eigenvalue weighted by Crippen LogP contribution is -2.24. The molecule has 0 aliphatic rings. The Balaban J connectivity index is 1.75. The minimum atomic E-state index is -0.0563. The van der Waals surface area contributed by atoms with Crippen LogP contribution >= 0.6 is 11.8 Å². The number of aromatic nitrogens is 4. The predicted octanol–water partition coefficient (Wildman–Crippen LogP) is 4.68. The standard InChI is InChI=1S/C24H26N4O2S/c1-15(2)11-12-27-22(30)18-7-5-6-8-20(18)28-23(27)25-26-24(28)31-14-21(29)19-13-16(3)9-10-17(19)4/h5-10,13,15H,11-12,14H2,1-4H3. The third kappa shape index (κ3) is 4.14. The van der Waals surface area contributed by atoms with Gasteiger partial charge in [-0.1, -0.05) is 55.4 Å². The minimum absolute atomic E-state index is 0.0559. The Bertz CT molecular complexity index is 1340. The van der Waals surface area contributed by atoms with E-state index < -0.39 is 0 Å². The van der Waals surface area contributed by atoms with Crippen LogP contribution in [0.1, 0.15) is 41.8 Å². The topological polar surface area (TPSA) is 69.3 Å². The SMILES string of the molecule is Cc1ccc(C)c(C(=O)CSc2nnc3n(CCC(C)C)c(=O)c4ccccc4n23)c1. The molecule has 2 heterocycles. The monoisotopic (exact) mass is 434 g/mol. The van der Waals surface area contributed by atoms with Crippen molar-refractivity contribution >= 4 is 34.2 Å². The molecule has 31 heavy (non-hydrogen) atoms. The van der Waals surface area contributed by atoms with Gasteiger partial charge in [-0.3, -0.25) is 18.6 Å². The molecule has 6 nitrogen and oxygen atoms in total. The van der Waals surface area contributed by atoms with E-state index in [1.54, 1.807) is 4.57 Å². The Morgan fingerprint density at radius 3 is 2.65 bits per heavy atom. The molecule has 2 aromatic heterocycles. The summed E-state index contributed by atoms with van der Waals surface area (Å²) in [6, 6.07) is 13.4. The van der Waals surface area contributed by atoms with Crippen molar-refractivity contribution in [3.8, 4) is 0 Å². The summed E-state index contributed by atoms with van der Waals surface area (Å²) in [5, 5.41) is 9.92. The molecule has 0 fully saturated rings. The molecule has 0 radical (unpaired) electrons. The van der Waals surface area contributed by atoms with Crippen LogP contribution in [0.2, 0.25) is 0 Å². The molecule has 2 aromatic carbocycles. The average molecular weight is 435 g/mol. The van der Waals surface area contributed by atoms with E-state index in [-0.39, 0.29) is 17.1 Å². The molecule has 0 atom stereocenters. The first-order valence-electron chi connectivity index (χ1n) is 10.5. The molecule has 0 bridgehead atoms. The number of thioether (sulfide) groups is 1. The van der Waals surface area contributed by atoms with Crippen LogP contribution in [0.5, 0.6) is 0 Å². The van der Waals surface area contributed by atoms with Crippen LogP contribution in [-0.2, 0) is 6.54 Å². The van der Waals surface area contributed by atoms with E-state index in [2.05, 4.69) is 24.0 Å². The fourth-order valence-electron chi connectivity index (χ4n) is 3.66. The smallest absolute Gasteiger partial charge is 0.262 e. The number of aryl methyl sites for hydroxylation is 3. The maximum Gasteiger partial charge on any atom is 0.262 e. The Morgan fingerprint density at radius 2 is 1.87 bits per heavy atom. The zero-order valence-corrected chi connectivity index (χ0v) is 19.1. The van der Waals surface area contributed by atoms with Crippen LogP contribution in [0, 0.1) is 19.8 Å². The van der Waals surface area contributed by atoms with Gasteiger partial charge in [0.05, 0.1) is 16.7 Å². The normalized spacial score (nSPS) is 11.6. The van der Waals surface area contributed by atoms with Crippen molar-refractivity contribution in [2.45, 2.75) is 45.8 Å². The van der Waals surface area contributed by atoms with Crippen molar-refractivity contribution < 1.29 is 4.79 Å². The van der Waals surface area contributed by atoms with Gasteiger partial charge in [-0.15, -0.1) is 10.2 Å². The van der Waals surface area contributed by atoms with Crippen LogP contribution in [0.4, 0.5) is 0 Å². The summed E-state index contributed by atoms with van der Waals surface area (Å²) < 4.78 is 3.60. The van der Waals surface area contributed by atoms with E-state index >= 15 is 0 Å². The lowest BCUT2D eigenvalue weighted by atomic mass is 10.0. The molecule has 0 aliphatic heterocycles. The van der Waals surface area contributed by atoms with E-state index in [0.29, 0.717) is 28.8 Å². The summed E-state index contributed by atoms with van der Waals surface area (Å²) in [5.74, 6) is 1.29. The van der Waals surface area contributed by atoms with Gasteiger partial charge < -0.3 is 0 Å². The summed E-state index contributed by atoms with van der Waals surface area (Å²) in [4.78, 5) is 26.0. The first kappa shape index (κ1) is 21.3. The number of nitrogens with zero attached hydrogens (tertiary/aromatic N) is 4. The summed E-state index contributed by atoms with van der Waals surface area (Å²) in [5.41, 5.74) is 3.47. The Hall–Kier alpha value is -2.93. The van der Waals surface area contributed by atoms with Crippen molar-refractivity contribution in [1.82, 2.24) is 19.2 Å². The third-order valence-electron chi connectivity index (χ3n) is 5.43. The van der Waals surface area contributed by atoms with Gasteiger partial charge in [0.25, 0.3) is 5.56 Å². The Labute approximate surface area is 185 Å². The highest BCUT2D eigenvalue weighted by atomic mass is 32.2. The summed E-state index contributed by atoms with van der Waals surface area (Å²) in [6.45, 7) is 8.78. The molecule has 0 N–H and O–H groups in total. The maximum absolute atomic E-state index is 13.1. The number of hydrogen-bond acceptors (Lipinski definition) is 5. The lowest BCUT2D eigenvalue weighted by molar-refractivity contribution is 0.102. The fraction of sp³-hybridized carbons (Fsp3) is 0.333. The number of carbonyl (C=O) groups excluding carboxylic acids is 1. The van der Waals surface area contributed by atoms with Gasteiger partial charge in [0, 0.05) is 12.1 Å². The summed E-state index contributed by atoms with van der Waals surface area (Å²) in [7, 11) is 0. The fourth-order valence-corrected chi connectivity index (χ4v) is 4.48. The van der Waals surface area contributed by atoms with E-state index in [1.807, 2.05) is 60.7 Å². The lowest BCUT2D eigenvalue weighted by Gasteiger charge is -2.12. The van der Waals surface area contributed by atoms with Crippen LogP contribution in [-0.4, -0.2) is 30.7 Å². The van der Waals surface area contributed by atoms with Crippen molar-refractivity contribution in [1.29, 1.82) is 0 Å². The van der Waals surface area contributed by atoms with Gasteiger partial charge in [-0.25, -0.2) is 0 Å². The van der Waals surface area contributed by atoms with E-state index in [4.69, 9.17) is 0 Å². The summed E-state index contributed by atoms with van der Waals surface area (Å²) >= 11 is 1.35. The second kappa shape index (κ2) is 8.67. The molecule has 0 amide bonds. The van der Waals surface area contributed by atoms with Gasteiger partial charge in [-0.05, 0) is 49.9 Å². The molecule has 0 aliphatic carbocycles. The van der Waals surface area contributed by atoms with Crippen LogP contribution in [0.25, 0.3) is 16.7 Å². The van der Waals surface area contributed by atoms with Gasteiger partial charge in [0.2, 0.25) is 5.78 Å². The van der Waals surface area contributed by atoms with Crippen molar-refractivity contribution in [2.75, 3.05) is 5.75 Å². The van der Waals surface area contributed by atoms with E-state index in [0.717, 1.165) is 28.6 Å². The highest BCUT2D eigenvalue weighted by molar-refractivity contribution is 7.99. The number of benzene rings is 2. The molecular weight excluding hydrogens is 408 g/mol. The molecule has 0 spiro atoms. The van der Waals surface area contributed by atoms with Gasteiger partial charge in [-0.2, -0.15) is 0 Å². The van der Waals surface area contributed by atoms with Gasteiger partial charge in [0.15, 0.2) is 10.9 Å². The largest absolute Gasteiger partial charge is 0.293 e. The number of rotatable bonds is 7. The second-order valence-corrected chi connectivity index (χ2v) is 9.25. The molecule has 7 heteroatoms. The third-order valence-corrected chi connectivity index (χ3v) is 6.36. The number of carbonyl (C=O) groups is 1. The minimum Gasteiger partial charge on any atom is -0.293 e. The maximum atomic E-state index is 13.1. The molecule has 4 aromatic rings. The van der Waals surface area contributed by atoms with Crippen LogP contribution < -0.4 is 5.56 Å². The predicted molar refractivity (Wildman–Crippen MR) is 125 cm³/mol. The molecule has 4 rings (SSSR count). The Morgan fingerprint density at radius 1 is 1.10 bits per heavy atom. The summed E-state index contributed by atoms with van der Waals surface area (Å²) in [6.07, 6.45) is 0.869. The van der Waals surface area contributed by atoms with Crippen LogP contribution in [0.15, 0.2) is 52.4 Å². The quantitative estimate of drug-likeness (QED) is 0.312. The molecule has 0 saturated carbocycles. The number of Topliss-reactive ketones (excluding diaryl/α,β-unsaturated/α-hetero) is 1. The van der Waals surface area contributed by atoms with Crippen molar-refractivity contribution in [3.05, 3.63) is 69.5 Å². The first-order chi connectivity index (χ1) is 14.9.